The van der Waals surface area contributed by atoms with Gasteiger partial charge < -0.3 is 10.2 Å². The van der Waals surface area contributed by atoms with Crippen LogP contribution in [0.4, 0.5) is 10.9 Å². The smallest absolute Gasteiger partial charge is 0.231 e. The number of halogens is 1. The van der Waals surface area contributed by atoms with Crippen molar-refractivity contribution in [3.05, 3.63) is 64.0 Å². The highest BCUT2D eigenvalue weighted by atomic mass is 35.5. The van der Waals surface area contributed by atoms with Crippen molar-refractivity contribution in [1.82, 2.24) is 15.0 Å². The van der Waals surface area contributed by atoms with E-state index in [4.69, 9.17) is 11.6 Å². The first-order valence-corrected chi connectivity index (χ1v) is 10.8. The lowest BCUT2D eigenvalue weighted by molar-refractivity contribution is -0.120. The van der Waals surface area contributed by atoms with Gasteiger partial charge in [-0.15, -0.1) is 11.3 Å². The van der Waals surface area contributed by atoms with Crippen molar-refractivity contribution in [2.45, 2.75) is 26.2 Å². The van der Waals surface area contributed by atoms with Gasteiger partial charge in [-0.1, -0.05) is 23.7 Å². The number of amides is 1. The summed E-state index contributed by atoms with van der Waals surface area (Å²) in [5.41, 5.74) is 2.20. The average molecular weight is 428 g/mol. The molecule has 0 saturated carbocycles. The van der Waals surface area contributed by atoms with Crippen molar-refractivity contribution in [2.24, 2.45) is 5.92 Å². The largest absolute Gasteiger partial charge is 0.355 e. The van der Waals surface area contributed by atoms with Crippen LogP contribution in [0.2, 0.25) is 5.02 Å². The summed E-state index contributed by atoms with van der Waals surface area (Å²) in [6, 6.07) is 6.08. The molecule has 4 rings (SSSR count). The van der Waals surface area contributed by atoms with Gasteiger partial charge in [0.2, 0.25) is 5.91 Å². The lowest BCUT2D eigenvalue weighted by atomic mass is 9.97. The highest BCUT2D eigenvalue weighted by molar-refractivity contribution is 7.15. The number of benzene rings is 1. The fourth-order valence-corrected chi connectivity index (χ4v) is 4.51. The normalized spacial score (nSPS) is 16.6. The minimum atomic E-state index is -0.0889. The van der Waals surface area contributed by atoms with Gasteiger partial charge >= 0.3 is 0 Å². The SMILES string of the molecule is Cc1ccc(Cc2cnc(NC(=O)C3CCCN(c4cnccn4)C3)s2)cc1Cl. The van der Waals surface area contributed by atoms with Crippen LogP contribution in [0, 0.1) is 12.8 Å². The zero-order chi connectivity index (χ0) is 20.2. The topological polar surface area (TPSA) is 71.0 Å². The van der Waals surface area contributed by atoms with Gasteiger partial charge in [-0.05, 0) is 37.0 Å². The van der Waals surface area contributed by atoms with Gasteiger partial charge in [-0.25, -0.2) is 9.97 Å². The molecule has 0 aliphatic carbocycles. The molecule has 1 amide bonds. The van der Waals surface area contributed by atoms with Gasteiger partial charge in [0.15, 0.2) is 5.13 Å². The number of nitrogens with one attached hydrogen (secondary N) is 1. The second-order valence-corrected chi connectivity index (χ2v) is 8.75. The third-order valence-electron chi connectivity index (χ3n) is 5.06. The summed E-state index contributed by atoms with van der Waals surface area (Å²) < 4.78 is 0. The number of thiazole rings is 1. The van der Waals surface area contributed by atoms with Gasteiger partial charge in [0, 0.05) is 48.0 Å². The van der Waals surface area contributed by atoms with Gasteiger partial charge in [0.1, 0.15) is 5.82 Å². The van der Waals surface area contributed by atoms with E-state index in [0.717, 1.165) is 52.7 Å². The summed E-state index contributed by atoms with van der Waals surface area (Å²) in [7, 11) is 0. The molecular weight excluding hydrogens is 406 g/mol. The maximum absolute atomic E-state index is 12.8. The Morgan fingerprint density at radius 3 is 3.00 bits per heavy atom. The molecule has 0 spiro atoms. The van der Waals surface area contributed by atoms with Crippen LogP contribution in [0.25, 0.3) is 0 Å². The lowest BCUT2D eigenvalue weighted by Crippen LogP contribution is -2.41. The van der Waals surface area contributed by atoms with Crippen LogP contribution in [-0.2, 0) is 11.2 Å². The fraction of sp³-hybridized carbons (Fsp3) is 0.333. The first-order valence-electron chi connectivity index (χ1n) is 9.60. The first-order chi connectivity index (χ1) is 14.1. The molecule has 1 N–H and O–H groups in total. The minimum absolute atomic E-state index is 0.0119. The van der Waals surface area contributed by atoms with Crippen LogP contribution in [-0.4, -0.2) is 33.9 Å². The molecular formula is C21H22ClN5OS. The highest BCUT2D eigenvalue weighted by Gasteiger charge is 2.27. The molecule has 8 heteroatoms. The zero-order valence-electron chi connectivity index (χ0n) is 16.1. The summed E-state index contributed by atoms with van der Waals surface area (Å²) in [4.78, 5) is 28.8. The molecule has 3 heterocycles. The maximum atomic E-state index is 12.8. The Morgan fingerprint density at radius 1 is 1.31 bits per heavy atom. The molecule has 1 fully saturated rings. The Hall–Kier alpha value is -2.51. The zero-order valence-corrected chi connectivity index (χ0v) is 17.7. The molecule has 0 bridgehead atoms. The molecule has 1 aromatic carbocycles. The number of hydrogen-bond acceptors (Lipinski definition) is 6. The molecule has 1 atom stereocenters. The number of hydrogen-bond donors (Lipinski definition) is 1. The number of carbonyl (C=O) groups excluding carboxylic acids is 1. The number of aryl methyl sites for hydroxylation is 1. The van der Waals surface area contributed by atoms with Crippen molar-refractivity contribution in [1.29, 1.82) is 0 Å². The van der Waals surface area contributed by atoms with Crippen LogP contribution in [0.3, 0.4) is 0 Å². The van der Waals surface area contributed by atoms with Crippen LogP contribution >= 0.6 is 22.9 Å². The minimum Gasteiger partial charge on any atom is -0.355 e. The van der Waals surface area contributed by atoms with E-state index in [2.05, 4.69) is 31.2 Å². The van der Waals surface area contributed by atoms with E-state index >= 15 is 0 Å². The van der Waals surface area contributed by atoms with Crippen LogP contribution in [0.5, 0.6) is 0 Å². The molecule has 29 heavy (non-hydrogen) atoms. The van der Waals surface area contributed by atoms with E-state index in [9.17, 15) is 4.79 Å². The van der Waals surface area contributed by atoms with Gasteiger partial charge in [0.25, 0.3) is 0 Å². The predicted molar refractivity (Wildman–Crippen MR) is 117 cm³/mol. The maximum Gasteiger partial charge on any atom is 0.231 e. The summed E-state index contributed by atoms with van der Waals surface area (Å²) in [6.07, 6.45) is 9.46. The first kappa shape index (κ1) is 19.8. The van der Waals surface area contributed by atoms with Crippen molar-refractivity contribution >= 4 is 39.8 Å². The van der Waals surface area contributed by atoms with Gasteiger partial charge in [-0.2, -0.15) is 0 Å². The molecule has 3 aromatic rings. The molecule has 1 aliphatic heterocycles. The van der Waals surface area contributed by atoms with E-state index in [0.29, 0.717) is 11.7 Å². The van der Waals surface area contributed by atoms with E-state index in [1.807, 2.05) is 25.3 Å². The van der Waals surface area contributed by atoms with Gasteiger partial charge in [-0.3, -0.25) is 9.78 Å². The number of rotatable bonds is 5. The van der Waals surface area contributed by atoms with E-state index in [-0.39, 0.29) is 11.8 Å². The number of aromatic nitrogens is 3. The lowest BCUT2D eigenvalue weighted by Gasteiger charge is -2.32. The molecule has 2 aromatic heterocycles. The molecule has 1 saturated heterocycles. The Bertz CT molecular complexity index is 994. The van der Waals surface area contributed by atoms with Crippen LogP contribution in [0.15, 0.2) is 43.0 Å². The Labute approximate surface area is 179 Å². The molecule has 1 unspecified atom stereocenters. The second-order valence-electron chi connectivity index (χ2n) is 7.23. The molecule has 0 radical (unpaired) electrons. The third kappa shape index (κ3) is 4.92. The molecule has 1 aliphatic rings. The Morgan fingerprint density at radius 2 is 2.21 bits per heavy atom. The predicted octanol–water partition coefficient (Wildman–Crippen LogP) is 4.34. The van der Waals surface area contributed by atoms with Crippen molar-refractivity contribution in [2.75, 3.05) is 23.3 Å². The van der Waals surface area contributed by atoms with Crippen LogP contribution < -0.4 is 10.2 Å². The van der Waals surface area contributed by atoms with Crippen molar-refractivity contribution in [3.8, 4) is 0 Å². The van der Waals surface area contributed by atoms with E-state index in [1.54, 1.807) is 18.6 Å². The Balaban J connectivity index is 1.36. The Kier molecular flexibility index (Phi) is 6.06. The monoisotopic (exact) mass is 427 g/mol. The molecule has 150 valence electrons. The van der Waals surface area contributed by atoms with Crippen molar-refractivity contribution in [3.63, 3.8) is 0 Å². The average Bonchev–Trinajstić information content (AvgIpc) is 3.18. The second kappa shape index (κ2) is 8.88. The number of carbonyl (C=O) groups is 1. The fourth-order valence-electron chi connectivity index (χ4n) is 3.46. The van der Waals surface area contributed by atoms with Crippen LogP contribution in [0.1, 0.15) is 28.8 Å². The summed E-state index contributed by atoms with van der Waals surface area (Å²) >= 11 is 7.72. The molecule has 6 nitrogen and oxygen atoms in total. The number of piperidine rings is 1. The summed E-state index contributed by atoms with van der Waals surface area (Å²) in [6.45, 7) is 3.52. The third-order valence-corrected chi connectivity index (χ3v) is 6.38. The summed E-state index contributed by atoms with van der Waals surface area (Å²) in [5.74, 6) is 0.741. The standard InChI is InChI=1S/C21H22ClN5OS/c1-14-4-5-15(10-18(14)22)9-17-11-25-21(29-17)26-20(28)16-3-2-8-27(13-16)19-12-23-6-7-24-19/h4-7,10-12,16H,2-3,8-9,13H2,1H3,(H,25,26,28). The van der Waals surface area contributed by atoms with Crippen molar-refractivity contribution < 1.29 is 4.79 Å². The van der Waals surface area contributed by atoms with Gasteiger partial charge in [0.05, 0.1) is 12.1 Å². The highest BCUT2D eigenvalue weighted by Crippen LogP contribution is 2.26. The quantitative estimate of drug-likeness (QED) is 0.655. The summed E-state index contributed by atoms with van der Waals surface area (Å²) in [5, 5.41) is 4.40. The number of nitrogens with zero attached hydrogens (tertiary/aromatic N) is 4. The van der Waals surface area contributed by atoms with E-state index < -0.39 is 0 Å². The van der Waals surface area contributed by atoms with E-state index in [1.165, 1.54) is 11.3 Å². The number of anilines is 2.